The molecule has 0 radical (unpaired) electrons. The highest BCUT2D eigenvalue weighted by molar-refractivity contribution is 6.18. The van der Waals surface area contributed by atoms with Crippen LogP contribution < -0.4 is 0 Å². The first-order valence-corrected chi connectivity index (χ1v) is 22.4. The van der Waals surface area contributed by atoms with Gasteiger partial charge < -0.3 is 0 Å². The second kappa shape index (κ2) is 15.4. The third-order valence-corrected chi connectivity index (χ3v) is 13.1. The van der Waals surface area contributed by atoms with E-state index < -0.39 is 0 Å². The molecular formula is C62H38N4. The molecule has 0 amide bonds. The number of fused-ring (bicyclic) bond motifs is 9. The van der Waals surface area contributed by atoms with E-state index in [2.05, 4.69) is 231 Å². The quantitative estimate of drug-likeness (QED) is 0.157. The van der Waals surface area contributed by atoms with Crippen LogP contribution in [0.1, 0.15) is 0 Å². The first-order chi connectivity index (χ1) is 32.7. The molecule has 0 fully saturated rings. The highest BCUT2D eigenvalue weighted by Crippen LogP contribution is 2.41. The third-order valence-electron chi connectivity index (χ3n) is 13.1. The summed E-state index contributed by atoms with van der Waals surface area (Å²) in [5.41, 5.74) is 10.4. The van der Waals surface area contributed by atoms with E-state index in [-0.39, 0.29) is 0 Å². The van der Waals surface area contributed by atoms with Crippen molar-refractivity contribution in [3.05, 3.63) is 231 Å². The lowest BCUT2D eigenvalue weighted by atomic mass is 9.92. The number of hydrogen-bond acceptors (Lipinski definition) is 4. The van der Waals surface area contributed by atoms with E-state index in [1.54, 1.807) is 0 Å². The van der Waals surface area contributed by atoms with Gasteiger partial charge in [-0.25, -0.2) is 19.9 Å². The second-order valence-electron chi connectivity index (χ2n) is 16.9. The Morgan fingerprint density at radius 2 is 0.697 bits per heavy atom. The van der Waals surface area contributed by atoms with E-state index in [9.17, 15) is 0 Å². The van der Waals surface area contributed by atoms with E-state index in [0.29, 0.717) is 17.5 Å². The van der Waals surface area contributed by atoms with Crippen molar-refractivity contribution in [2.45, 2.75) is 0 Å². The van der Waals surface area contributed by atoms with Crippen LogP contribution in [0, 0.1) is 0 Å². The predicted octanol–water partition coefficient (Wildman–Crippen LogP) is 16.2. The first-order valence-electron chi connectivity index (χ1n) is 22.4. The van der Waals surface area contributed by atoms with Crippen molar-refractivity contribution in [1.82, 2.24) is 19.9 Å². The van der Waals surface area contributed by atoms with Gasteiger partial charge in [0, 0.05) is 38.4 Å². The van der Waals surface area contributed by atoms with Crippen LogP contribution in [-0.2, 0) is 0 Å². The molecule has 11 aromatic carbocycles. The van der Waals surface area contributed by atoms with Gasteiger partial charge in [0.1, 0.15) is 0 Å². The second-order valence-corrected chi connectivity index (χ2v) is 16.9. The van der Waals surface area contributed by atoms with Crippen LogP contribution in [0.3, 0.4) is 0 Å². The van der Waals surface area contributed by atoms with Crippen LogP contribution in [0.15, 0.2) is 231 Å². The van der Waals surface area contributed by atoms with Gasteiger partial charge in [0.25, 0.3) is 0 Å². The lowest BCUT2D eigenvalue weighted by Crippen LogP contribution is -2.01. The molecule has 0 saturated heterocycles. The van der Waals surface area contributed by atoms with E-state index in [0.717, 1.165) is 76.9 Å². The molecule has 13 rings (SSSR count). The number of hydrogen-bond donors (Lipinski definition) is 0. The van der Waals surface area contributed by atoms with Crippen LogP contribution in [0.25, 0.3) is 132 Å². The van der Waals surface area contributed by atoms with Crippen molar-refractivity contribution in [2.75, 3.05) is 0 Å². The zero-order chi connectivity index (χ0) is 43.6. The van der Waals surface area contributed by atoms with Gasteiger partial charge in [-0.15, -0.1) is 0 Å². The summed E-state index contributed by atoms with van der Waals surface area (Å²) in [4.78, 5) is 21.4. The lowest BCUT2D eigenvalue weighted by Gasteiger charge is -2.15. The predicted molar refractivity (Wildman–Crippen MR) is 275 cm³/mol. The largest absolute Gasteiger partial charge is 0.247 e. The van der Waals surface area contributed by atoms with Crippen LogP contribution in [0.2, 0.25) is 0 Å². The molecule has 0 bridgehead atoms. The van der Waals surface area contributed by atoms with Gasteiger partial charge in [0.15, 0.2) is 17.5 Å². The molecule has 2 heterocycles. The standard InChI is InChI=1S/C62H38N4/c1-3-16-40(17-4-1)48-28-15-29-54-58(48)53-35-34-43(38-57(53)63-59(54)41-18-5-2-6-19-41)39-30-32-42(33-31-39)60-64-61(55-36-44-20-7-9-22-46(44)49-24-11-13-26-51(49)55)66-62(65-60)56-37-45-21-8-10-23-47(45)50-25-12-14-27-52(50)56/h1-38H. The van der Waals surface area contributed by atoms with E-state index in [1.807, 2.05) is 0 Å². The van der Waals surface area contributed by atoms with Gasteiger partial charge in [-0.1, -0.05) is 212 Å². The Labute approximate surface area is 381 Å². The molecule has 0 aliphatic rings. The van der Waals surface area contributed by atoms with Crippen LogP contribution in [0.5, 0.6) is 0 Å². The van der Waals surface area contributed by atoms with Crippen molar-refractivity contribution in [3.8, 4) is 67.7 Å². The summed E-state index contributed by atoms with van der Waals surface area (Å²) in [6.45, 7) is 0. The average molecular weight is 839 g/mol. The average Bonchev–Trinajstić information content (AvgIpc) is 3.40. The van der Waals surface area contributed by atoms with Gasteiger partial charge in [-0.3, -0.25) is 0 Å². The zero-order valence-corrected chi connectivity index (χ0v) is 35.7. The Kier molecular flexibility index (Phi) is 8.81. The van der Waals surface area contributed by atoms with Gasteiger partial charge in [0.2, 0.25) is 0 Å². The molecule has 66 heavy (non-hydrogen) atoms. The van der Waals surface area contributed by atoms with Crippen molar-refractivity contribution in [3.63, 3.8) is 0 Å². The number of benzene rings is 11. The Morgan fingerprint density at radius 3 is 1.30 bits per heavy atom. The Hall–Kier alpha value is -8.86. The van der Waals surface area contributed by atoms with Gasteiger partial charge in [0.05, 0.1) is 11.2 Å². The van der Waals surface area contributed by atoms with Gasteiger partial charge >= 0.3 is 0 Å². The van der Waals surface area contributed by atoms with E-state index in [4.69, 9.17) is 19.9 Å². The summed E-state index contributed by atoms with van der Waals surface area (Å²) in [6, 6.07) is 81.7. The normalized spacial score (nSPS) is 11.6. The highest BCUT2D eigenvalue weighted by Gasteiger charge is 2.20. The van der Waals surface area contributed by atoms with E-state index >= 15 is 0 Å². The highest BCUT2D eigenvalue weighted by atomic mass is 15.0. The Bertz CT molecular complexity index is 3890. The van der Waals surface area contributed by atoms with Crippen molar-refractivity contribution >= 4 is 64.8 Å². The van der Waals surface area contributed by atoms with Crippen molar-refractivity contribution < 1.29 is 0 Å². The van der Waals surface area contributed by atoms with E-state index in [1.165, 1.54) is 38.1 Å². The first kappa shape index (κ1) is 37.7. The number of nitrogens with zero attached hydrogens (tertiary/aromatic N) is 4. The summed E-state index contributed by atoms with van der Waals surface area (Å²) >= 11 is 0. The summed E-state index contributed by atoms with van der Waals surface area (Å²) < 4.78 is 0. The minimum atomic E-state index is 0.614. The minimum Gasteiger partial charge on any atom is -0.247 e. The molecule has 13 aromatic rings. The van der Waals surface area contributed by atoms with Crippen molar-refractivity contribution in [1.29, 1.82) is 0 Å². The number of rotatable bonds is 6. The monoisotopic (exact) mass is 838 g/mol. The molecule has 4 heteroatoms. The molecule has 0 aliphatic carbocycles. The minimum absolute atomic E-state index is 0.614. The number of pyridine rings is 1. The van der Waals surface area contributed by atoms with Crippen LogP contribution in [0.4, 0.5) is 0 Å². The molecule has 0 aliphatic heterocycles. The fraction of sp³-hybridized carbons (Fsp3) is 0. The molecular weight excluding hydrogens is 801 g/mol. The summed E-state index contributed by atoms with van der Waals surface area (Å²) in [5.74, 6) is 1.88. The topological polar surface area (TPSA) is 51.6 Å². The molecule has 0 N–H and O–H groups in total. The molecule has 0 unspecified atom stereocenters. The summed E-state index contributed by atoms with van der Waals surface area (Å²) in [7, 11) is 0. The maximum Gasteiger partial charge on any atom is 0.164 e. The maximum absolute atomic E-state index is 5.39. The summed E-state index contributed by atoms with van der Waals surface area (Å²) in [5, 5.41) is 12.7. The molecule has 0 spiro atoms. The summed E-state index contributed by atoms with van der Waals surface area (Å²) in [6.07, 6.45) is 0. The zero-order valence-electron chi connectivity index (χ0n) is 35.7. The Morgan fingerprint density at radius 1 is 0.227 bits per heavy atom. The Balaban J connectivity index is 0.982. The molecule has 306 valence electrons. The fourth-order valence-corrected chi connectivity index (χ4v) is 9.95. The molecule has 0 saturated carbocycles. The molecule has 0 atom stereocenters. The maximum atomic E-state index is 5.39. The third kappa shape index (κ3) is 6.30. The smallest absolute Gasteiger partial charge is 0.164 e. The molecule has 2 aromatic heterocycles. The fourth-order valence-electron chi connectivity index (χ4n) is 9.95. The van der Waals surface area contributed by atoms with Crippen molar-refractivity contribution in [2.24, 2.45) is 0 Å². The van der Waals surface area contributed by atoms with Gasteiger partial charge in [-0.05, 0) is 83.5 Å². The van der Waals surface area contributed by atoms with Gasteiger partial charge in [-0.2, -0.15) is 0 Å². The van der Waals surface area contributed by atoms with Crippen LogP contribution >= 0.6 is 0 Å². The molecule has 4 nitrogen and oxygen atoms in total. The lowest BCUT2D eigenvalue weighted by molar-refractivity contribution is 1.08. The number of aromatic nitrogens is 4. The SMILES string of the molecule is c1ccc(-c2nc3cc(-c4ccc(-c5nc(-c6cc7ccccc7c7ccccc67)nc(-c6cc7ccccc7c7ccccc67)n5)cc4)ccc3c3c(-c4ccccc4)cccc23)cc1. The van der Waals surface area contributed by atoms with Crippen LogP contribution in [-0.4, -0.2) is 19.9 Å².